The molecular formula is C9H10N3O2+. The average molecular weight is 192 g/mol. The number of nitrogens with zero attached hydrogens (tertiary/aromatic N) is 1. The minimum atomic E-state index is 0.502. The van der Waals surface area contributed by atoms with Crippen LogP contribution in [0, 0.1) is 4.91 Å². The molecule has 0 amide bonds. The van der Waals surface area contributed by atoms with Gasteiger partial charge in [0.25, 0.3) is 0 Å². The Kier molecular flexibility index (Phi) is 2.16. The molecule has 0 aliphatic heterocycles. The van der Waals surface area contributed by atoms with Crippen LogP contribution in [0.2, 0.25) is 0 Å². The number of nitroso groups, excluding NO2 is 1. The van der Waals surface area contributed by atoms with Crippen LogP contribution in [0.15, 0.2) is 30.5 Å². The fraction of sp³-hybridized carbons (Fsp3) is 0.111. The van der Waals surface area contributed by atoms with Crippen molar-refractivity contribution in [3.05, 3.63) is 35.4 Å². The highest BCUT2D eigenvalue weighted by Gasteiger charge is 2.18. The summed E-state index contributed by atoms with van der Waals surface area (Å²) in [4.78, 5) is 19.5. The number of benzene rings is 1. The maximum Gasteiger partial charge on any atom is 0.319 e. The van der Waals surface area contributed by atoms with E-state index < -0.39 is 0 Å². The SMILES string of the molecule is CON[N+](=O)c1c[nH]c2ccccc12. The molecule has 2 N–H and O–H groups in total. The summed E-state index contributed by atoms with van der Waals surface area (Å²) in [6.45, 7) is 0. The van der Waals surface area contributed by atoms with Gasteiger partial charge in [-0.1, -0.05) is 12.1 Å². The third kappa shape index (κ3) is 1.33. The summed E-state index contributed by atoms with van der Waals surface area (Å²) in [7, 11) is 1.39. The fourth-order valence-electron chi connectivity index (χ4n) is 1.36. The Labute approximate surface area is 80.2 Å². The van der Waals surface area contributed by atoms with Gasteiger partial charge in [0.15, 0.2) is 4.87 Å². The Morgan fingerprint density at radius 3 is 3.00 bits per heavy atom. The van der Waals surface area contributed by atoms with Crippen LogP contribution in [-0.4, -0.2) is 17.0 Å². The summed E-state index contributed by atoms with van der Waals surface area (Å²) in [5.41, 5.74) is 3.62. The standard InChI is InChI=1S/C9H10N3O2/c1-14-11-12(13)9-6-10-8-5-3-2-4-7(8)9/h2-6,10H,1H3,(H,11,13)/q+1. The fourth-order valence-corrected chi connectivity index (χ4v) is 1.36. The summed E-state index contributed by atoms with van der Waals surface area (Å²) in [6.07, 6.45) is 1.63. The molecule has 0 radical (unpaired) electrons. The van der Waals surface area contributed by atoms with Crippen LogP contribution in [0.4, 0.5) is 5.69 Å². The van der Waals surface area contributed by atoms with E-state index in [2.05, 4.69) is 15.4 Å². The molecule has 2 aromatic rings. The van der Waals surface area contributed by atoms with Gasteiger partial charge in [-0.05, 0) is 17.7 Å². The van der Waals surface area contributed by atoms with E-state index in [1.54, 1.807) is 6.20 Å². The van der Waals surface area contributed by atoms with Gasteiger partial charge in [-0.2, -0.15) is 0 Å². The number of hydrogen-bond donors (Lipinski definition) is 2. The number of H-pyrrole nitrogens is 1. The van der Waals surface area contributed by atoms with Crippen molar-refractivity contribution in [1.29, 1.82) is 0 Å². The second-order valence-electron chi connectivity index (χ2n) is 2.81. The summed E-state index contributed by atoms with van der Waals surface area (Å²) in [6, 6.07) is 7.55. The Hall–Kier alpha value is -1.88. The molecule has 0 aliphatic carbocycles. The van der Waals surface area contributed by atoms with Gasteiger partial charge in [0, 0.05) is 0 Å². The first kappa shape index (κ1) is 8.71. The molecule has 0 fully saturated rings. The molecule has 0 spiro atoms. The van der Waals surface area contributed by atoms with E-state index in [0.29, 0.717) is 10.6 Å². The molecule has 5 nitrogen and oxygen atoms in total. The van der Waals surface area contributed by atoms with E-state index in [0.717, 1.165) is 10.9 Å². The molecule has 1 aromatic heterocycles. The summed E-state index contributed by atoms with van der Waals surface area (Å²) in [5, 5.41) is 0.854. The molecule has 1 heterocycles. The van der Waals surface area contributed by atoms with Crippen molar-refractivity contribution in [2.24, 2.45) is 0 Å². The number of hydrogen-bond acceptors (Lipinski definition) is 2. The van der Waals surface area contributed by atoms with Crippen molar-refractivity contribution in [2.75, 3.05) is 7.11 Å². The highest BCUT2D eigenvalue weighted by Crippen LogP contribution is 2.23. The second kappa shape index (κ2) is 3.47. The average Bonchev–Trinajstić information content (AvgIpc) is 2.61. The van der Waals surface area contributed by atoms with E-state index in [9.17, 15) is 4.91 Å². The molecule has 0 aliphatic rings. The van der Waals surface area contributed by atoms with Crippen molar-refractivity contribution in [2.45, 2.75) is 0 Å². The first-order valence-electron chi connectivity index (χ1n) is 4.15. The molecule has 0 unspecified atom stereocenters. The molecule has 14 heavy (non-hydrogen) atoms. The third-order valence-corrected chi connectivity index (χ3v) is 1.96. The lowest BCUT2D eigenvalue weighted by molar-refractivity contribution is -0.588. The molecule has 0 saturated heterocycles. The van der Waals surface area contributed by atoms with E-state index in [1.807, 2.05) is 24.3 Å². The van der Waals surface area contributed by atoms with Crippen molar-refractivity contribution in [3.63, 3.8) is 0 Å². The van der Waals surface area contributed by atoms with E-state index >= 15 is 0 Å². The van der Waals surface area contributed by atoms with E-state index in [4.69, 9.17) is 0 Å². The summed E-state index contributed by atoms with van der Waals surface area (Å²) < 4.78 is 0. The highest BCUT2D eigenvalue weighted by molar-refractivity contribution is 5.88. The number of hydrazine groups is 1. The zero-order valence-electron chi connectivity index (χ0n) is 7.65. The van der Waals surface area contributed by atoms with Crippen molar-refractivity contribution in [3.8, 4) is 0 Å². The van der Waals surface area contributed by atoms with E-state index in [1.165, 1.54) is 7.11 Å². The van der Waals surface area contributed by atoms with Gasteiger partial charge in [0.2, 0.25) is 0 Å². The molecule has 2 rings (SSSR count). The van der Waals surface area contributed by atoms with Crippen molar-refractivity contribution >= 4 is 16.6 Å². The molecule has 72 valence electrons. The first-order valence-corrected chi connectivity index (χ1v) is 4.15. The highest BCUT2D eigenvalue weighted by atomic mass is 16.7. The summed E-state index contributed by atoms with van der Waals surface area (Å²) in [5.74, 6) is 0. The number of aromatic nitrogens is 1. The predicted molar refractivity (Wildman–Crippen MR) is 51.7 cm³/mol. The molecule has 0 bridgehead atoms. The second-order valence-corrected chi connectivity index (χ2v) is 2.81. The minimum Gasteiger partial charge on any atom is -0.355 e. The number of aromatic amines is 1. The van der Waals surface area contributed by atoms with E-state index in [-0.39, 0.29) is 0 Å². The van der Waals surface area contributed by atoms with Gasteiger partial charge in [-0.3, -0.25) is 0 Å². The van der Waals surface area contributed by atoms with Gasteiger partial charge in [-0.15, -0.1) is 0 Å². The lowest BCUT2D eigenvalue weighted by Gasteiger charge is -1.90. The molecule has 5 heteroatoms. The topological polar surface area (TPSA) is 57.1 Å². The number of para-hydroxylation sites is 1. The van der Waals surface area contributed by atoms with Crippen molar-refractivity contribution in [1.82, 2.24) is 10.6 Å². The molecular weight excluding hydrogens is 182 g/mol. The van der Waals surface area contributed by atoms with Crippen LogP contribution in [0.3, 0.4) is 0 Å². The Morgan fingerprint density at radius 2 is 2.21 bits per heavy atom. The third-order valence-electron chi connectivity index (χ3n) is 1.96. The Bertz CT molecular complexity index is 464. The van der Waals surface area contributed by atoms with Gasteiger partial charge >= 0.3 is 5.69 Å². The Balaban J connectivity index is 2.47. The summed E-state index contributed by atoms with van der Waals surface area (Å²) >= 11 is 0. The maximum absolute atomic E-state index is 11.4. The molecule has 1 aromatic carbocycles. The van der Waals surface area contributed by atoms with Crippen LogP contribution in [0.1, 0.15) is 0 Å². The molecule has 0 saturated carbocycles. The normalized spacial score (nSPS) is 10.4. The predicted octanol–water partition coefficient (Wildman–Crippen LogP) is 1.64. The van der Waals surface area contributed by atoms with Crippen LogP contribution in [0.5, 0.6) is 0 Å². The van der Waals surface area contributed by atoms with Gasteiger partial charge < -0.3 is 4.98 Å². The largest absolute Gasteiger partial charge is 0.355 e. The lowest BCUT2D eigenvalue weighted by Crippen LogP contribution is -2.20. The van der Waals surface area contributed by atoms with Crippen LogP contribution < -0.4 is 5.59 Å². The molecule has 0 atom stereocenters. The zero-order chi connectivity index (χ0) is 9.97. The number of nitrogens with one attached hydrogen (secondary N) is 2. The monoisotopic (exact) mass is 192 g/mol. The van der Waals surface area contributed by atoms with Crippen molar-refractivity contribution < 1.29 is 9.71 Å². The smallest absolute Gasteiger partial charge is 0.319 e. The number of rotatable bonds is 3. The lowest BCUT2D eigenvalue weighted by atomic mass is 10.2. The van der Waals surface area contributed by atoms with Crippen LogP contribution in [0.25, 0.3) is 10.9 Å². The van der Waals surface area contributed by atoms with Crippen LogP contribution in [-0.2, 0) is 4.84 Å². The van der Waals surface area contributed by atoms with Gasteiger partial charge in [-0.25, -0.2) is 4.84 Å². The van der Waals surface area contributed by atoms with Gasteiger partial charge in [0.05, 0.1) is 29.1 Å². The maximum atomic E-state index is 11.4. The minimum absolute atomic E-state index is 0.502. The zero-order valence-corrected chi connectivity index (χ0v) is 7.65. The Morgan fingerprint density at radius 1 is 1.43 bits per heavy atom. The van der Waals surface area contributed by atoms with Crippen LogP contribution >= 0.6 is 0 Å². The quantitative estimate of drug-likeness (QED) is 0.574. The first-order chi connectivity index (χ1) is 6.83. The number of fused-ring (bicyclic) bond motifs is 1. The van der Waals surface area contributed by atoms with Gasteiger partial charge in [0.1, 0.15) is 0 Å².